The van der Waals surface area contributed by atoms with Gasteiger partial charge in [-0.25, -0.2) is 0 Å². The first-order valence-electron chi connectivity index (χ1n) is 7.61. The Kier molecular flexibility index (Phi) is 5.16. The van der Waals surface area contributed by atoms with Crippen molar-refractivity contribution < 1.29 is 9.59 Å². The lowest BCUT2D eigenvalue weighted by Gasteiger charge is -2.32. The molecule has 1 aliphatic rings. The molecule has 1 heterocycles. The van der Waals surface area contributed by atoms with E-state index in [2.05, 4.69) is 5.32 Å². The topological polar surface area (TPSA) is 73.2 Å². The number of nitrogens with zero attached hydrogens (tertiary/aromatic N) is 2. The Balaban J connectivity index is 1.87. The summed E-state index contributed by atoms with van der Waals surface area (Å²) in [6.45, 7) is 5.07. The molecule has 2 amide bonds. The minimum absolute atomic E-state index is 0.00373. The van der Waals surface area contributed by atoms with Gasteiger partial charge in [-0.15, -0.1) is 0 Å². The number of hydrogen-bond donors (Lipinski definition) is 1. The van der Waals surface area contributed by atoms with Crippen molar-refractivity contribution in [2.45, 2.75) is 26.7 Å². The van der Waals surface area contributed by atoms with Crippen LogP contribution in [0.15, 0.2) is 24.3 Å². The van der Waals surface area contributed by atoms with Gasteiger partial charge in [-0.05, 0) is 37.1 Å². The van der Waals surface area contributed by atoms with Crippen LogP contribution in [0.25, 0.3) is 0 Å². The van der Waals surface area contributed by atoms with Crippen molar-refractivity contribution in [3.8, 4) is 6.07 Å². The van der Waals surface area contributed by atoms with Crippen molar-refractivity contribution >= 4 is 17.5 Å². The van der Waals surface area contributed by atoms with E-state index in [1.54, 1.807) is 24.3 Å². The molecule has 5 heteroatoms. The third-order valence-electron chi connectivity index (χ3n) is 3.95. The summed E-state index contributed by atoms with van der Waals surface area (Å²) in [5.41, 5.74) is 1.27. The Labute approximate surface area is 130 Å². The van der Waals surface area contributed by atoms with E-state index in [0.717, 1.165) is 0 Å². The number of amides is 2. The molecule has 0 spiro atoms. The smallest absolute Gasteiger partial charge is 0.227 e. The molecule has 0 atom stereocenters. The average molecular weight is 299 g/mol. The highest BCUT2D eigenvalue weighted by Crippen LogP contribution is 2.21. The van der Waals surface area contributed by atoms with Crippen LogP contribution in [-0.2, 0) is 9.59 Å². The molecule has 1 aromatic carbocycles. The zero-order valence-corrected chi connectivity index (χ0v) is 13.0. The Bertz CT molecular complexity index is 579. The maximum Gasteiger partial charge on any atom is 0.227 e. The number of anilines is 1. The van der Waals surface area contributed by atoms with Crippen LogP contribution >= 0.6 is 0 Å². The molecule has 116 valence electrons. The van der Waals surface area contributed by atoms with Gasteiger partial charge in [-0.3, -0.25) is 9.59 Å². The van der Waals surface area contributed by atoms with Crippen LogP contribution in [0.5, 0.6) is 0 Å². The molecular formula is C17H21N3O2. The van der Waals surface area contributed by atoms with Crippen LogP contribution in [0.3, 0.4) is 0 Å². The average Bonchev–Trinajstić information content (AvgIpc) is 2.55. The number of hydrogen-bond acceptors (Lipinski definition) is 3. The maximum absolute atomic E-state index is 12.3. The predicted octanol–water partition coefficient (Wildman–Crippen LogP) is 2.39. The van der Waals surface area contributed by atoms with E-state index in [1.807, 2.05) is 24.8 Å². The van der Waals surface area contributed by atoms with Gasteiger partial charge in [0, 0.05) is 30.6 Å². The number of nitriles is 1. The third kappa shape index (κ3) is 3.85. The molecule has 0 aliphatic carbocycles. The standard InChI is InChI=1S/C17H21N3O2/c1-12(2)17(22)20-9-7-14(8-10-20)16(21)19-15-5-3-13(11-18)4-6-15/h3-6,12,14H,7-10H2,1-2H3,(H,19,21). The highest BCUT2D eigenvalue weighted by Gasteiger charge is 2.28. The van der Waals surface area contributed by atoms with E-state index >= 15 is 0 Å². The molecule has 1 N–H and O–H groups in total. The van der Waals surface area contributed by atoms with Crippen molar-refractivity contribution in [3.05, 3.63) is 29.8 Å². The van der Waals surface area contributed by atoms with Gasteiger partial charge in [0.1, 0.15) is 0 Å². The Morgan fingerprint density at radius 3 is 2.32 bits per heavy atom. The molecule has 1 aliphatic heterocycles. The molecule has 0 aromatic heterocycles. The summed E-state index contributed by atoms with van der Waals surface area (Å²) in [6.07, 6.45) is 1.39. The number of piperidine rings is 1. The summed E-state index contributed by atoms with van der Waals surface area (Å²) >= 11 is 0. The molecule has 22 heavy (non-hydrogen) atoms. The molecule has 0 saturated carbocycles. The molecule has 1 aromatic rings. The van der Waals surface area contributed by atoms with Crippen LogP contribution < -0.4 is 5.32 Å². The van der Waals surface area contributed by atoms with Gasteiger partial charge < -0.3 is 10.2 Å². The van der Waals surface area contributed by atoms with Gasteiger partial charge >= 0.3 is 0 Å². The maximum atomic E-state index is 12.3. The second kappa shape index (κ2) is 7.08. The summed E-state index contributed by atoms with van der Waals surface area (Å²) < 4.78 is 0. The highest BCUT2D eigenvalue weighted by molar-refractivity contribution is 5.92. The first-order chi connectivity index (χ1) is 10.5. The molecule has 2 rings (SSSR count). The lowest BCUT2D eigenvalue weighted by atomic mass is 9.95. The fourth-order valence-electron chi connectivity index (χ4n) is 2.60. The first kappa shape index (κ1) is 16.0. The van der Waals surface area contributed by atoms with Crippen LogP contribution in [0.2, 0.25) is 0 Å². The van der Waals surface area contributed by atoms with Crippen LogP contribution in [0.1, 0.15) is 32.3 Å². The minimum atomic E-state index is -0.0631. The second-order valence-corrected chi connectivity index (χ2v) is 5.93. The quantitative estimate of drug-likeness (QED) is 0.931. The first-order valence-corrected chi connectivity index (χ1v) is 7.61. The van der Waals surface area contributed by atoms with Gasteiger partial charge in [0.05, 0.1) is 11.6 Å². The molecule has 1 fully saturated rings. The Hall–Kier alpha value is -2.35. The number of nitrogens with one attached hydrogen (secondary N) is 1. The summed E-state index contributed by atoms with van der Waals surface area (Å²) in [4.78, 5) is 26.0. The lowest BCUT2D eigenvalue weighted by molar-refractivity contribution is -0.137. The Morgan fingerprint density at radius 1 is 1.23 bits per heavy atom. The van der Waals surface area contributed by atoms with Gasteiger partial charge in [0.25, 0.3) is 0 Å². The summed E-state index contributed by atoms with van der Waals surface area (Å²) in [6, 6.07) is 8.87. The van der Waals surface area contributed by atoms with Crippen molar-refractivity contribution in [2.24, 2.45) is 11.8 Å². The van der Waals surface area contributed by atoms with Crippen molar-refractivity contribution in [1.82, 2.24) is 4.90 Å². The van der Waals surface area contributed by atoms with Crippen LogP contribution in [0.4, 0.5) is 5.69 Å². The molecule has 0 unspecified atom stereocenters. The van der Waals surface area contributed by atoms with E-state index in [9.17, 15) is 9.59 Å². The van der Waals surface area contributed by atoms with Gasteiger partial charge in [0.15, 0.2) is 0 Å². The predicted molar refractivity (Wildman–Crippen MR) is 83.9 cm³/mol. The minimum Gasteiger partial charge on any atom is -0.342 e. The monoisotopic (exact) mass is 299 g/mol. The van der Waals surface area contributed by atoms with Crippen molar-refractivity contribution in [2.75, 3.05) is 18.4 Å². The number of carbonyl (C=O) groups excluding carboxylic acids is 2. The number of carbonyl (C=O) groups is 2. The number of rotatable bonds is 3. The largest absolute Gasteiger partial charge is 0.342 e. The zero-order valence-electron chi connectivity index (χ0n) is 13.0. The number of benzene rings is 1. The highest BCUT2D eigenvalue weighted by atomic mass is 16.2. The van der Waals surface area contributed by atoms with E-state index < -0.39 is 0 Å². The number of likely N-dealkylation sites (tertiary alicyclic amines) is 1. The van der Waals surface area contributed by atoms with Gasteiger partial charge in [-0.2, -0.15) is 5.26 Å². The van der Waals surface area contributed by atoms with Crippen LogP contribution in [0, 0.1) is 23.2 Å². The van der Waals surface area contributed by atoms with Crippen molar-refractivity contribution in [3.63, 3.8) is 0 Å². The SMILES string of the molecule is CC(C)C(=O)N1CCC(C(=O)Nc2ccc(C#N)cc2)CC1. The fourth-order valence-corrected chi connectivity index (χ4v) is 2.60. The van der Waals surface area contributed by atoms with Crippen molar-refractivity contribution in [1.29, 1.82) is 5.26 Å². The molecule has 0 radical (unpaired) electrons. The Morgan fingerprint density at radius 2 is 1.82 bits per heavy atom. The summed E-state index contributed by atoms with van der Waals surface area (Å²) in [5, 5.41) is 11.6. The zero-order chi connectivity index (χ0) is 16.1. The lowest BCUT2D eigenvalue weighted by Crippen LogP contribution is -2.43. The van der Waals surface area contributed by atoms with E-state index in [0.29, 0.717) is 37.2 Å². The van der Waals surface area contributed by atoms with E-state index in [4.69, 9.17) is 5.26 Å². The second-order valence-electron chi connectivity index (χ2n) is 5.93. The van der Waals surface area contributed by atoms with Crippen LogP contribution in [-0.4, -0.2) is 29.8 Å². The van der Waals surface area contributed by atoms with E-state index in [1.165, 1.54) is 0 Å². The van der Waals surface area contributed by atoms with Gasteiger partial charge in [0.2, 0.25) is 11.8 Å². The molecule has 5 nitrogen and oxygen atoms in total. The van der Waals surface area contributed by atoms with E-state index in [-0.39, 0.29) is 23.7 Å². The summed E-state index contributed by atoms with van der Waals surface area (Å²) in [7, 11) is 0. The van der Waals surface area contributed by atoms with Gasteiger partial charge in [-0.1, -0.05) is 13.8 Å². The fraction of sp³-hybridized carbons (Fsp3) is 0.471. The summed E-state index contributed by atoms with van der Waals surface area (Å²) in [5.74, 6) is 0.0863. The molecular weight excluding hydrogens is 278 g/mol. The normalized spacial score (nSPS) is 15.5. The molecule has 0 bridgehead atoms. The third-order valence-corrected chi connectivity index (χ3v) is 3.95. The molecule has 1 saturated heterocycles.